The van der Waals surface area contributed by atoms with E-state index < -0.39 is 10.0 Å². The molecule has 1 aliphatic heterocycles. The second kappa shape index (κ2) is 9.35. The van der Waals surface area contributed by atoms with Crippen molar-refractivity contribution >= 4 is 33.0 Å². The standard InChI is InChI=1S/C22H24N4O4S2/c1-15-5-11-19(12-6-15)32(28,29)26-13-3-4-16(14-26)21-24-25-22(31-21)20(27)23-17-7-9-18(30-2)10-8-17/h5-12,16H,3-4,13-14H2,1-2H3,(H,23,27)/t16-/m0/s1. The van der Waals surface area contributed by atoms with Crippen molar-refractivity contribution in [3.63, 3.8) is 0 Å². The van der Waals surface area contributed by atoms with Gasteiger partial charge in [-0.3, -0.25) is 4.79 Å². The van der Waals surface area contributed by atoms with Crippen LogP contribution in [0.1, 0.15) is 39.1 Å². The van der Waals surface area contributed by atoms with Crippen molar-refractivity contribution in [1.29, 1.82) is 0 Å². The second-order valence-corrected chi connectivity index (χ2v) is 10.6. The van der Waals surface area contributed by atoms with Crippen LogP contribution in [-0.2, 0) is 10.0 Å². The number of aromatic nitrogens is 2. The molecule has 0 bridgehead atoms. The molecule has 168 valence electrons. The van der Waals surface area contributed by atoms with Gasteiger partial charge in [0.2, 0.25) is 15.0 Å². The molecule has 0 unspecified atom stereocenters. The molecule has 1 saturated heterocycles. The zero-order chi connectivity index (χ0) is 22.7. The minimum atomic E-state index is -3.58. The smallest absolute Gasteiger partial charge is 0.286 e. The van der Waals surface area contributed by atoms with Gasteiger partial charge in [0.15, 0.2) is 0 Å². The average molecular weight is 473 g/mol. The molecule has 0 radical (unpaired) electrons. The van der Waals surface area contributed by atoms with Crippen LogP contribution in [0.25, 0.3) is 0 Å². The van der Waals surface area contributed by atoms with Crippen molar-refractivity contribution in [1.82, 2.24) is 14.5 Å². The zero-order valence-corrected chi connectivity index (χ0v) is 19.4. The number of hydrogen-bond donors (Lipinski definition) is 1. The van der Waals surface area contributed by atoms with Gasteiger partial charge in [0, 0.05) is 24.7 Å². The number of nitrogens with one attached hydrogen (secondary N) is 1. The number of hydrogen-bond acceptors (Lipinski definition) is 7. The number of piperidine rings is 1. The molecule has 8 nitrogen and oxygen atoms in total. The number of carbonyl (C=O) groups is 1. The quantitative estimate of drug-likeness (QED) is 0.587. The Morgan fingerprint density at radius 1 is 1.12 bits per heavy atom. The Bertz CT molecular complexity index is 1190. The molecule has 2 aromatic carbocycles. The van der Waals surface area contributed by atoms with E-state index >= 15 is 0 Å². The lowest BCUT2D eigenvalue weighted by molar-refractivity contribution is 0.102. The Labute approximate surface area is 191 Å². The van der Waals surface area contributed by atoms with Gasteiger partial charge in [-0.1, -0.05) is 29.0 Å². The highest BCUT2D eigenvalue weighted by atomic mass is 32.2. The first kappa shape index (κ1) is 22.4. The van der Waals surface area contributed by atoms with E-state index in [1.165, 1.54) is 15.6 Å². The number of sulfonamides is 1. The van der Waals surface area contributed by atoms with E-state index in [2.05, 4.69) is 15.5 Å². The molecule has 1 atom stereocenters. The lowest BCUT2D eigenvalue weighted by atomic mass is 10.0. The molecule has 3 aromatic rings. The predicted octanol–water partition coefficient (Wildman–Crippen LogP) is 3.68. The van der Waals surface area contributed by atoms with E-state index in [-0.39, 0.29) is 16.8 Å². The Kier molecular flexibility index (Phi) is 6.54. The largest absolute Gasteiger partial charge is 0.497 e. The number of methoxy groups -OCH3 is 1. The van der Waals surface area contributed by atoms with Gasteiger partial charge in [0.1, 0.15) is 10.8 Å². The van der Waals surface area contributed by atoms with Crippen molar-refractivity contribution < 1.29 is 17.9 Å². The maximum atomic E-state index is 13.1. The first-order valence-corrected chi connectivity index (χ1v) is 12.5. The van der Waals surface area contributed by atoms with Crippen molar-refractivity contribution in [2.75, 3.05) is 25.5 Å². The van der Waals surface area contributed by atoms with Crippen LogP contribution >= 0.6 is 11.3 Å². The molecule has 2 heterocycles. The summed E-state index contributed by atoms with van der Waals surface area (Å²) in [7, 11) is -2.00. The molecular formula is C22H24N4O4S2. The maximum absolute atomic E-state index is 13.1. The van der Waals surface area contributed by atoms with Crippen LogP contribution < -0.4 is 10.1 Å². The molecule has 0 saturated carbocycles. The molecule has 1 N–H and O–H groups in total. The molecule has 10 heteroatoms. The van der Waals surface area contributed by atoms with Crippen LogP contribution in [-0.4, -0.2) is 49.0 Å². The topological polar surface area (TPSA) is 101 Å². The number of amides is 1. The number of ether oxygens (including phenoxy) is 1. The minimum absolute atomic E-state index is 0.0935. The first-order valence-electron chi connectivity index (χ1n) is 10.2. The van der Waals surface area contributed by atoms with Gasteiger partial charge in [-0.25, -0.2) is 8.42 Å². The van der Waals surface area contributed by atoms with Crippen LogP contribution in [0, 0.1) is 6.92 Å². The lowest BCUT2D eigenvalue weighted by Gasteiger charge is -2.30. The number of benzene rings is 2. The summed E-state index contributed by atoms with van der Waals surface area (Å²) in [5.41, 5.74) is 1.63. The van der Waals surface area contributed by atoms with E-state index in [1.807, 2.05) is 6.92 Å². The Balaban J connectivity index is 1.45. The number of rotatable bonds is 6. The van der Waals surface area contributed by atoms with Crippen LogP contribution in [0.4, 0.5) is 5.69 Å². The van der Waals surface area contributed by atoms with E-state index in [9.17, 15) is 13.2 Å². The normalized spacial score (nSPS) is 17.1. The van der Waals surface area contributed by atoms with Gasteiger partial charge < -0.3 is 10.1 Å². The molecule has 4 rings (SSSR count). The molecule has 0 spiro atoms. The summed E-state index contributed by atoms with van der Waals surface area (Å²) < 4.78 is 32.7. The summed E-state index contributed by atoms with van der Waals surface area (Å²) >= 11 is 1.20. The van der Waals surface area contributed by atoms with Crippen molar-refractivity contribution in [3.05, 3.63) is 64.1 Å². The highest BCUT2D eigenvalue weighted by Gasteiger charge is 2.32. The third kappa shape index (κ3) is 4.82. The predicted molar refractivity (Wildman–Crippen MR) is 123 cm³/mol. The fourth-order valence-corrected chi connectivity index (χ4v) is 5.96. The molecule has 1 aliphatic rings. The van der Waals surface area contributed by atoms with E-state index in [1.54, 1.807) is 55.6 Å². The van der Waals surface area contributed by atoms with Crippen LogP contribution in [0.15, 0.2) is 53.4 Å². The van der Waals surface area contributed by atoms with Gasteiger partial charge in [-0.2, -0.15) is 4.31 Å². The van der Waals surface area contributed by atoms with E-state index in [4.69, 9.17) is 4.74 Å². The van der Waals surface area contributed by atoms with Crippen LogP contribution in [0.2, 0.25) is 0 Å². The van der Waals surface area contributed by atoms with E-state index in [0.717, 1.165) is 18.4 Å². The average Bonchev–Trinajstić information content (AvgIpc) is 3.31. The monoisotopic (exact) mass is 472 g/mol. The van der Waals surface area contributed by atoms with E-state index in [0.29, 0.717) is 34.4 Å². The molecule has 1 aromatic heterocycles. The molecule has 1 amide bonds. The van der Waals surface area contributed by atoms with Crippen molar-refractivity contribution in [2.24, 2.45) is 0 Å². The Hall–Kier alpha value is -2.82. The SMILES string of the molecule is COc1ccc(NC(=O)c2nnc([C@H]3CCCN(S(=O)(=O)c4ccc(C)cc4)C3)s2)cc1. The summed E-state index contributed by atoms with van der Waals surface area (Å²) in [6, 6.07) is 13.9. The number of carbonyl (C=O) groups excluding carboxylic acids is 1. The third-order valence-electron chi connectivity index (χ3n) is 5.37. The Morgan fingerprint density at radius 2 is 1.84 bits per heavy atom. The molecular weight excluding hydrogens is 448 g/mol. The fourth-order valence-electron chi connectivity index (χ4n) is 3.57. The summed E-state index contributed by atoms with van der Waals surface area (Å²) in [6.07, 6.45) is 1.53. The van der Waals surface area contributed by atoms with Crippen molar-refractivity contribution in [3.8, 4) is 5.75 Å². The maximum Gasteiger partial charge on any atom is 0.286 e. The highest BCUT2D eigenvalue weighted by molar-refractivity contribution is 7.89. The summed E-state index contributed by atoms with van der Waals surface area (Å²) in [5.74, 6) is 0.256. The van der Waals surface area contributed by atoms with Crippen LogP contribution in [0.5, 0.6) is 5.75 Å². The van der Waals surface area contributed by atoms with Gasteiger partial charge in [-0.05, 0) is 56.2 Å². The Morgan fingerprint density at radius 3 is 2.53 bits per heavy atom. The summed E-state index contributed by atoms with van der Waals surface area (Å²) in [6.45, 7) is 2.71. The summed E-state index contributed by atoms with van der Waals surface area (Å²) in [5, 5.41) is 11.9. The number of aryl methyl sites for hydroxylation is 1. The summed E-state index contributed by atoms with van der Waals surface area (Å²) in [4.78, 5) is 12.9. The lowest BCUT2D eigenvalue weighted by Crippen LogP contribution is -2.39. The van der Waals surface area contributed by atoms with Gasteiger partial charge >= 0.3 is 0 Å². The van der Waals surface area contributed by atoms with Gasteiger partial charge in [0.25, 0.3) is 5.91 Å². The van der Waals surface area contributed by atoms with Crippen molar-refractivity contribution in [2.45, 2.75) is 30.6 Å². The van der Waals surface area contributed by atoms with Crippen LogP contribution in [0.3, 0.4) is 0 Å². The molecule has 0 aliphatic carbocycles. The molecule has 1 fully saturated rings. The van der Waals surface area contributed by atoms with Gasteiger partial charge in [-0.15, -0.1) is 10.2 Å². The first-order chi connectivity index (χ1) is 15.4. The zero-order valence-electron chi connectivity index (χ0n) is 17.8. The third-order valence-corrected chi connectivity index (χ3v) is 8.34. The minimum Gasteiger partial charge on any atom is -0.497 e. The highest BCUT2D eigenvalue weighted by Crippen LogP contribution is 2.32. The number of nitrogens with zero attached hydrogens (tertiary/aromatic N) is 3. The van der Waals surface area contributed by atoms with Gasteiger partial charge in [0.05, 0.1) is 12.0 Å². The number of anilines is 1. The fraction of sp³-hybridized carbons (Fsp3) is 0.318. The molecule has 32 heavy (non-hydrogen) atoms. The second-order valence-electron chi connectivity index (χ2n) is 7.64.